The Balaban J connectivity index is 1.74. The first kappa shape index (κ1) is 16.0. The van der Waals surface area contributed by atoms with Gasteiger partial charge in [-0.1, -0.05) is 6.07 Å². The summed E-state index contributed by atoms with van der Waals surface area (Å²) in [7, 11) is 1.68. The number of imidazole rings is 1. The summed E-state index contributed by atoms with van der Waals surface area (Å²) in [4.78, 5) is 4.84. The Kier molecular flexibility index (Phi) is 4.32. The quantitative estimate of drug-likeness (QED) is 0.767. The number of hydrogen-bond acceptors (Lipinski definition) is 4. The van der Waals surface area contributed by atoms with Gasteiger partial charge in [0.2, 0.25) is 0 Å². The van der Waals surface area contributed by atoms with Crippen molar-refractivity contribution in [1.82, 2.24) is 9.38 Å². The third-order valence-corrected chi connectivity index (χ3v) is 4.65. The summed E-state index contributed by atoms with van der Waals surface area (Å²) < 4.78 is 13.2. The summed E-state index contributed by atoms with van der Waals surface area (Å²) in [6.07, 6.45) is 4.65. The molecule has 0 saturated carbocycles. The highest BCUT2D eigenvalue weighted by Gasteiger charge is 2.19. The molecule has 0 aliphatic carbocycles. The van der Waals surface area contributed by atoms with Crippen molar-refractivity contribution < 1.29 is 9.47 Å². The maximum atomic E-state index is 5.75. The lowest BCUT2D eigenvalue weighted by Crippen LogP contribution is -2.19. The first-order chi connectivity index (χ1) is 12.2. The second-order valence-electron chi connectivity index (χ2n) is 6.49. The summed E-state index contributed by atoms with van der Waals surface area (Å²) in [5, 5.41) is 3.58. The van der Waals surface area contributed by atoms with Gasteiger partial charge in [0.15, 0.2) is 0 Å². The van der Waals surface area contributed by atoms with Crippen molar-refractivity contribution in [1.29, 1.82) is 0 Å². The van der Waals surface area contributed by atoms with Gasteiger partial charge in [0, 0.05) is 24.9 Å². The number of aromatic nitrogens is 2. The molecule has 1 aliphatic rings. The Morgan fingerprint density at radius 3 is 2.80 bits per heavy atom. The Morgan fingerprint density at radius 2 is 2.08 bits per heavy atom. The van der Waals surface area contributed by atoms with Crippen LogP contribution >= 0.6 is 0 Å². The number of ether oxygens (including phenoxy) is 2. The number of aryl methyl sites for hydroxylation is 1. The number of pyridine rings is 1. The molecular weight excluding hydrogens is 314 g/mol. The van der Waals surface area contributed by atoms with Crippen molar-refractivity contribution in [2.24, 2.45) is 0 Å². The normalized spacial score (nSPS) is 17.1. The van der Waals surface area contributed by atoms with E-state index in [1.165, 1.54) is 5.56 Å². The first-order valence-corrected chi connectivity index (χ1v) is 8.73. The van der Waals surface area contributed by atoms with Crippen LogP contribution in [0.15, 0.2) is 42.6 Å². The zero-order chi connectivity index (χ0) is 17.2. The molecule has 4 rings (SSSR count). The smallest absolute Gasteiger partial charge is 0.139 e. The minimum atomic E-state index is 0.277. The lowest BCUT2D eigenvalue weighted by molar-refractivity contribution is 0.120. The van der Waals surface area contributed by atoms with Gasteiger partial charge in [-0.2, -0.15) is 0 Å². The molecule has 1 fully saturated rings. The molecule has 3 heterocycles. The molecule has 1 atom stereocenters. The zero-order valence-corrected chi connectivity index (χ0v) is 14.7. The highest BCUT2D eigenvalue weighted by molar-refractivity contribution is 5.77. The van der Waals surface area contributed by atoms with Crippen molar-refractivity contribution in [3.8, 4) is 17.0 Å². The fourth-order valence-electron chi connectivity index (χ4n) is 3.29. The molecule has 1 aliphatic heterocycles. The number of nitrogens with zero attached hydrogens (tertiary/aromatic N) is 2. The van der Waals surface area contributed by atoms with Gasteiger partial charge in [0.05, 0.1) is 13.2 Å². The number of methoxy groups -OCH3 is 1. The maximum Gasteiger partial charge on any atom is 0.139 e. The number of rotatable bonds is 5. The molecule has 3 aromatic rings. The summed E-state index contributed by atoms with van der Waals surface area (Å²) >= 11 is 0. The second kappa shape index (κ2) is 6.76. The Bertz CT molecular complexity index is 865. The molecule has 2 aromatic heterocycles. The van der Waals surface area contributed by atoms with Crippen LogP contribution in [0.2, 0.25) is 0 Å². The van der Waals surface area contributed by atoms with E-state index in [1.807, 2.05) is 24.3 Å². The first-order valence-electron chi connectivity index (χ1n) is 8.73. The third kappa shape index (κ3) is 3.20. The summed E-state index contributed by atoms with van der Waals surface area (Å²) in [6.45, 7) is 3.76. The van der Waals surface area contributed by atoms with Gasteiger partial charge in [0.25, 0.3) is 0 Å². The summed E-state index contributed by atoms with van der Waals surface area (Å²) in [6, 6.07) is 12.2. The van der Waals surface area contributed by atoms with Crippen molar-refractivity contribution in [2.75, 3.05) is 25.6 Å². The number of fused-ring (bicyclic) bond motifs is 1. The zero-order valence-electron chi connectivity index (χ0n) is 14.7. The monoisotopic (exact) mass is 337 g/mol. The molecule has 25 heavy (non-hydrogen) atoms. The van der Waals surface area contributed by atoms with Gasteiger partial charge in [-0.05, 0) is 55.7 Å². The van der Waals surface area contributed by atoms with Crippen molar-refractivity contribution in [3.63, 3.8) is 0 Å². The van der Waals surface area contributed by atoms with Crippen LogP contribution in [0, 0.1) is 6.92 Å². The predicted octanol–water partition coefficient (Wildman–Crippen LogP) is 3.91. The van der Waals surface area contributed by atoms with E-state index in [0.29, 0.717) is 0 Å². The fraction of sp³-hybridized carbons (Fsp3) is 0.350. The molecule has 0 radical (unpaired) electrons. The Hall–Kier alpha value is -2.53. The molecule has 1 saturated heterocycles. The molecule has 1 N–H and O–H groups in total. The van der Waals surface area contributed by atoms with Crippen molar-refractivity contribution in [3.05, 3.63) is 48.2 Å². The van der Waals surface area contributed by atoms with E-state index in [4.69, 9.17) is 14.5 Å². The van der Waals surface area contributed by atoms with E-state index in [2.05, 4.69) is 35.0 Å². The molecule has 0 spiro atoms. The third-order valence-electron chi connectivity index (χ3n) is 4.65. The highest BCUT2D eigenvalue weighted by Crippen LogP contribution is 2.30. The van der Waals surface area contributed by atoms with Crippen molar-refractivity contribution >= 4 is 11.5 Å². The van der Waals surface area contributed by atoms with Gasteiger partial charge in [-0.3, -0.25) is 4.40 Å². The minimum Gasteiger partial charge on any atom is -0.497 e. The number of benzene rings is 1. The van der Waals surface area contributed by atoms with Crippen LogP contribution in [0.5, 0.6) is 5.75 Å². The lowest BCUT2D eigenvalue weighted by Gasteiger charge is -2.13. The van der Waals surface area contributed by atoms with E-state index in [-0.39, 0.29) is 6.10 Å². The van der Waals surface area contributed by atoms with Gasteiger partial charge in [0.1, 0.15) is 22.9 Å². The molecule has 0 bridgehead atoms. The van der Waals surface area contributed by atoms with Gasteiger partial charge in [-0.25, -0.2) is 4.98 Å². The number of anilines is 1. The fourth-order valence-corrected chi connectivity index (χ4v) is 3.29. The van der Waals surface area contributed by atoms with Crippen LogP contribution in [-0.2, 0) is 4.74 Å². The van der Waals surface area contributed by atoms with Gasteiger partial charge < -0.3 is 14.8 Å². The van der Waals surface area contributed by atoms with Crippen LogP contribution in [0.25, 0.3) is 16.9 Å². The minimum absolute atomic E-state index is 0.277. The van der Waals surface area contributed by atoms with Crippen LogP contribution in [0.4, 0.5) is 5.82 Å². The summed E-state index contributed by atoms with van der Waals surface area (Å²) in [5.74, 6) is 1.86. The predicted molar refractivity (Wildman–Crippen MR) is 99.4 cm³/mol. The van der Waals surface area contributed by atoms with E-state index in [9.17, 15) is 0 Å². The van der Waals surface area contributed by atoms with Crippen LogP contribution in [0.1, 0.15) is 18.4 Å². The van der Waals surface area contributed by atoms with E-state index >= 15 is 0 Å². The number of nitrogens with one attached hydrogen (secondary N) is 1. The maximum absolute atomic E-state index is 5.75. The second-order valence-corrected chi connectivity index (χ2v) is 6.49. The SMILES string of the molecule is COc1ccc(-c2nc3ccc(C)cn3c2NC[C@@H]2CCCO2)cc1. The molecule has 5 nitrogen and oxygen atoms in total. The van der Waals surface area contributed by atoms with Crippen molar-refractivity contribution in [2.45, 2.75) is 25.9 Å². The van der Waals surface area contributed by atoms with E-state index < -0.39 is 0 Å². The molecule has 5 heteroatoms. The highest BCUT2D eigenvalue weighted by atomic mass is 16.5. The Morgan fingerprint density at radius 1 is 1.24 bits per heavy atom. The average Bonchev–Trinajstić information content (AvgIpc) is 3.27. The molecule has 0 amide bonds. The standard InChI is InChI=1S/C20H23N3O2/c1-14-5-10-18-22-19(15-6-8-16(24-2)9-7-15)20(23(18)13-14)21-12-17-4-3-11-25-17/h5-10,13,17,21H,3-4,11-12H2,1-2H3/t17-/m0/s1. The average molecular weight is 337 g/mol. The lowest BCUT2D eigenvalue weighted by atomic mass is 10.1. The molecule has 130 valence electrons. The van der Waals surface area contributed by atoms with E-state index in [1.54, 1.807) is 7.11 Å². The van der Waals surface area contributed by atoms with Gasteiger partial charge in [-0.15, -0.1) is 0 Å². The number of hydrogen-bond donors (Lipinski definition) is 1. The molecule has 0 unspecified atom stereocenters. The molecule has 1 aromatic carbocycles. The van der Waals surface area contributed by atoms with Crippen LogP contribution < -0.4 is 10.1 Å². The summed E-state index contributed by atoms with van der Waals surface area (Å²) in [5.41, 5.74) is 4.15. The largest absolute Gasteiger partial charge is 0.497 e. The Labute approximate surface area is 147 Å². The molecular formula is C20H23N3O2. The topological polar surface area (TPSA) is 47.8 Å². The van der Waals surface area contributed by atoms with E-state index in [0.717, 1.165) is 54.5 Å². The van der Waals surface area contributed by atoms with Gasteiger partial charge >= 0.3 is 0 Å². The van der Waals surface area contributed by atoms with Crippen LogP contribution in [-0.4, -0.2) is 35.8 Å². The van der Waals surface area contributed by atoms with Crippen LogP contribution in [0.3, 0.4) is 0 Å².